The molecule has 108 valence electrons. The van der Waals surface area contributed by atoms with Crippen molar-refractivity contribution in [2.24, 2.45) is 5.92 Å². The molecule has 1 N–H and O–H groups in total. The number of nitrogens with zero attached hydrogens (tertiary/aromatic N) is 3. The van der Waals surface area contributed by atoms with Gasteiger partial charge < -0.3 is 5.32 Å². The van der Waals surface area contributed by atoms with Crippen molar-refractivity contribution in [1.29, 1.82) is 0 Å². The lowest BCUT2D eigenvalue weighted by atomic mass is 10.2. The average molecular weight is 286 g/mol. The maximum absolute atomic E-state index is 12.1. The van der Waals surface area contributed by atoms with E-state index in [1.807, 2.05) is 13.8 Å². The molecule has 0 amide bonds. The zero-order valence-corrected chi connectivity index (χ0v) is 12.4. The van der Waals surface area contributed by atoms with Crippen LogP contribution in [0, 0.1) is 5.92 Å². The number of nitrogens with one attached hydrogen (secondary N) is 1. The smallest absolute Gasteiger partial charge is 0.314 e. The van der Waals surface area contributed by atoms with Crippen molar-refractivity contribution in [3.8, 4) is 0 Å². The SMILES string of the molecule is CC(C)Cn1c(=O)sn(CCN2CCNCC2)c1=O. The lowest BCUT2D eigenvalue weighted by Gasteiger charge is -2.26. The van der Waals surface area contributed by atoms with E-state index in [2.05, 4.69) is 10.2 Å². The fraction of sp³-hybridized carbons (Fsp3) is 0.833. The van der Waals surface area contributed by atoms with Gasteiger partial charge in [0.15, 0.2) is 0 Å². The highest BCUT2D eigenvalue weighted by molar-refractivity contribution is 7.03. The van der Waals surface area contributed by atoms with Crippen LogP contribution in [0.4, 0.5) is 0 Å². The lowest BCUT2D eigenvalue weighted by Crippen LogP contribution is -2.45. The van der Waals surface area contributed by atoms with Crippen molar-refractivity contribution in [3.63, 3.8) is 0 Å². The van der Waals surface area contributed by atoms with E-state index < -0.39 is 0 Å². The van der Waals surface area contributed by atoms with E-state index in [0.717, 1.165) is 44.3 Å². The Kier molecular flexibility index (Phi) is 4.95. The summed E-state index contributed by atoms with van der Waals surface area (Å²) in [5.74, 6) is 0.307. The summed E-state index contributed by atoms with van der Waals surface area (Å²) in [6.07, 6.45) is 0. The van der Waals surface area contributed by atoms with Gasteiger partial charge in [0, 0.05) is 50.8 Å². The Balaban J connectivity index is 2.00. The maximum atomic E-state index is 12.1. The van der Waals surface area contributed by atoms with Gasteiger partial charge in [0.05, 0.1) is 6.54 Å². The molecule has 1 saturated heterocycles. The third kappa shape index (κ3) is 3.77. The van der Waals surface area contributed by atoms with Crippen molar-refractivity contribution in [1.82, 2.24) is 18.7 Å². The van der Waals surface area contributed by atoms with Gasteiger partial charge in [-0.1, -0.05) is 13.8 Å². The molecule has 0 atom stereocenters. The van der Waals surface area contributed by atoms with Crippen molar-refractivity contribution in [3.05, 3.63) is 20.2 Å². The van der Waals surface area contributed by atoms with Gasteiger partial charge in [-0.05, 0) is 5.92 Å². The van der Waals surface area contributed by atoms with Gasteiger partial charge in [0.1, 0.15) is 0 Å². The van der Waals surface area contributed by atoms with Gasteiger partial charge in [-0.25, -0.2) is 13.3 Å². The fourth-order valence-corrected chi connectivity index (χ4v) is 3.01. The molecule has 0 saturated carbocycles. The number of hydrogen-bond donors (Lipinski definition) is 1. The first-order valence-electron chi connectivity index (χ1n) is 6.82. The highest BCUT2D eigenvalue weighted by atomic mass is 32.1. The zero-order chi connectivity index (χ0) is 13.8. The van der Waals surface area contributed by atoms with Crippen LogP contribution in [0.25, 0.3) is 0 Å². The number of piperazine rings is 1. The van der Waals surface area contributed by atoms with Crippen molar-refractivity contribution in [2.75, 3.05) is 32.7 Å². The standard InChI is InChI=1S/C12H22N4O2S/c1-10(2)9-15-11(17)16(19-12(15)18)8-7-14-5-3-13-4-6-14/h10,13H,3-9H2,1-2H3. The molecule has 1 aliphatic rings. The molecule has 7 heteroatoms. The minimum Gasteiger partial charge on any atom is -0.314 e. The van der Waals surface area contributed by atoms with E-state index in [4.69, 9.17) is 0 Å². The summed E-state index contributed by atoms with van der Waals surface area (Å²) in [7, 11) is 0. The average Bonchev–Trinajstić information content (AvgIpc) is 2.65. The molecule has 0 bridgehead atoms. The lowest BCUT2D eigenvalue weighted by molar-refractivity contribution is 0.233. The molecule has 19 heavy (non-hydrogen) atoms. The maximum Gasteiger partial charge on any atom is 0.341 e. The highest BCUT2D eigenvalue weighted by Crippen LogP contribution is 1.97. The van der Waals surface area contributed by atoms with Crippen LogP contribution in [0.15, 0.2) is 9.59 Å². The van der Waals surface area contributed by atoms with Crippen molar-refractivity contribution in [2.45, 2.75) is 26.9 Å². The van der Waals surface area contributed by atoms with E-state index in [0.29, 0.717) is 19.0 Å². The Morgan fingerprint density at radius 2 is 1.89 bits per heavy atom. The second kappa shape index (κ2) is 6.49. The molecule has 0 unspecified atom stereocenters. The van der Waals surface area contributed by atoms with Crippen LogP contribution in [0.2, 0.25) is 0 Å². The first kappa shape index (κ1) is 14.5. The van der Waals surface area contributed by atoms with Gasteiger partial charge in [-0.2, -0.15) is 0 Å². The molecule has 0 aliphatic carbocycles. The second-order valence-electron chi connectivity index (χ2n) is 5.34. The predicted molar refractivity (Wildman–Crippen MR) is 77.0 cm³/mol. The summed E-state index contributed by atoms with van der Waals surface area (Å²) in [6, 6.07) is 0. The Labute approximate surface area is 116 Å². The monoisotopic (exact) mass is 286 g/mol. The van der Waals surface area contributed by atoms with Gasteiger partial charge in [0.2, 0.25) is 0 Å². The van der Waals surface area contributed by atoms with E-state index in [1.165, 1.54) is 4.57 Å². The molecule has 0 spiro atoms. The van der Waals surface area contributed by atoms with Gasteiger partial charge in [-0.15, -0.1) is 0 Å². The molecular weight excluding hydrogens is 264 g/mol. The molecule has 2 rings (SSSR count). The first-order valence-corrected chi connectivity index (χ1v) is 7.59. The topological polar surface area (TPSA) is 59.3 Å². The van der Waals surface area contributed by atoms with Gasteiger partial charge in [0.25, 0.3) is 0 Å². The number of hydrogen-bond acceptors (Lipinski definition) is 5. The minimum absolute atomic E-state index is 0.140. The number of aromatic nitrogens is 2. The number of rotatable bonds is 5. The highest BCUT2D eigenvalue weighted by Gasteiger charge is 2.13. The van der Waals surface area contributed by atoms with Gasteiger partial charge in [-0.3, -0.25) is 9.69 Å². The molecular formula is C12H22N4O2S. The predicted octanol–water partition coefficient (Wildman–Crippen LogP) is -0.367. The van der Waals surface area contributed by atoms with Crippen LogP contribution in [-0.2, 0) is 13.1 Å². The minimum atomic E-state index is -0.154. The van der Waals surface area contributed by atoms with E-state index in [1.54, 1.807) is 3.96 Å². The van der Waals surface area contributed by atoms with Crippen LogP contribution >= 0.6 is 11.5 Å². The summed E-state index contributed by atoms with van der Waals surface area (Å²) in [4.78, 5) is 26.1. The van der Waals surface area contributed by atoms with Crippen molar-refractivity contribution >= 4 is 11.5 Å². The molecule has 1 fully saturated rings. The van der Waals surface area contributed by atoms with Crippen LogP contribution in [0.1, 0.15) is 13.8 Å². The second-order valence-corrected chi connectivity index (χ2v) is 6.31. The first-order chi connectivity index (χ1) is 9.08. The molecule has 1 aliphatic heterocycles. The largest absolute Gasteiger partial charge is 0.341 e. The fourth-order valence-electron chi connectivity index (χ4n) is 2.22. The molecule has 1 aromatic rings. The summed E-state index contributed by atoms with van der Waals surface area (Å²) >= 11 is 1.04. The van der Waals surface area contributed by atoms with Crippen LogP contribution < -0.4 is 15.9 Å². The molecule has 0 aromatic carbocycles. The summed E-state index contributed by atoms with van der Waals surface area (Å²) in [6.45, 7) is 10.00. The molecule has 6 nitrogen and oxygen atoms in total. The summed E-state index contributed by atoms with van der Waals surface area (Å²) < 4.78 is 2.94. The third-order valence-corrected chi connectivity index (χ3v) is 4.17. The quantitative estimate of drug-likeness (QED) is 0.802. The Hall–Kier alpha value is -0.920. The van der Waals surface area contributed by atoms with Crippen LogP contribution in [-0.4, -0.2) is 46.1 Å². The van der Waals surface area contributed by atoms with Crippen LogP contribution in [0.3, 0.4) is 0 Å². The van der Waals surface area contributed by atoms with E-state index in [9.17, 15) is 9.59 Å². The summed E-state index contributed by atoms with van der Waals surface area (Å²) in [5, 5.41) is 3.30. The van der Waals surface area contributed by atoms with Gasteiger partial charge >= 0.3 is 10.6 Å². The summed E-state index contributed by atoms with van der Waals surface area (Å²) in [5.41, 5.74) is -0.154. The Morgan fingerprint density at radius 3 is 2.53 bits per heavy atom. The zero-order valence-electron chi connectivity index (χ0n) is 11.6. The normalized spacial score (nSPS) is 17.2. The third-order valence-electron chi connectivity index (χ3n) is 3.23. The Bertz CT molecular complexity index is 511. The molecule has 1 aromatic heterocycles. The van der Waals surface area contributed by atoms with Crippen LogP contribution in [0.5, 0.6) is 0 Å². The molecule has 0 radical (unpaired) electrons. The molecule has 2 heterocycles. The van der Waals surface area contributed by atoms with Crippen molar-refractivity contribution < 1.29 is 0 Å². The van der Waals surface area contributed by atoms with E-state index >= 15 is 0 Å². The van der Waals surface area contributed by atoms with E-state index in [-0.39, 0.29) is 10.6 Å². The Morgan fingerprint density at radius 1 is 1.21 bits per heavy atom.